The van der Waals surface area contributed by atoms with E-state index in [0.717, 1.165) is 33.6 Å². The molecule has 0 atom stereocenters. The highest BCUT2D eigenvalue weighted by molar-refractivity contribution is 7.12. The monoisotopic (exact) mass is 272 g/mol. The van der Waals surface area contributed by atoms with E-state index in [0.29, 0.717) is 0 Å². The Balaban J connectivity index is 2.63. The molecule has 1 nitrogen and oxygen atoms in total. The first-order valence-electron chi connectivity index (χ1n) is 6.65. The van der Waals surface area contributed by atoms with E-state index in [1.165, 1.54) is 11.1 Å². The van der Waals surface area contributed by atoms with Crippen LogP contribution in [0.15, 0.2) is 17.5 Å². The second-order valence-corrected chi connectivity index (χ2v) is 6.01. The lowest BCUT2D eigenvalue weighted by Gasteiger charge is -2.14. The van der Waals surface area contributed by atoms with Crippen LogP contribution in [0.25, 0.3) is 0 Å². The number of hydrogen-bond donors (Lipinski definition) is 0. The van der Waals surface area contributed by atoms with Crippen molar-refractivity contribution in [2.24, 2.45) is 0 Å². The molecule has 2 rings (SSSR count). The lowest BCUT2D eigenvalue weighted by molar-refractivity contribution is 0.104. The van der Waals surface area contributed by atoms with Gasteiger partial charge in [-0.2, -0.15) is 0 Å². The summed E-state index contributed by atoms with van der Waals surface area (Å²) in [7, 11) is 0. The summed E-state index contributed by atoms with van der Waals surface area (Å²) in [6.07, 6.45) is 0.910. The molecule has 2 heteroatoms. The zero-order valence-electron chi connectivity index (χ0n) is 12.3. The lowest BCUT2D eigenvalue weighted by atomic mass is 9.90. The van der Waals surface area contributed by atoms with Gasteiger partial charge in [-0.05, 0) is 73.4 Å². The minimum absolute atomic E-state index is 0.189. The Kier molecular flexibility index (Phi) is 3.91. The molecule has 0 fully saturated rings. The van der Waals surface area contributed by atoms with Gasteiger partial charge in [0, 0.05) is 5.56 Å². The Hall–Kier alpha value is -1.41. The zero-order valence-corrected chi connectivity index (χ0v) is 13.1. The molecular formula is C17H20OS. The van der Waals surface area contributed by atoms with Crippen LogP contribution in [0.2, 0.25) is 0 Å². The van der Waals surface area contributed by atoms with Gasteiger partial charge >= 0.3 is 0 Å². The summed E-state index contributed by atoms with van der Waals surface area (Å²) in [5, 5.41) is 2.01. The predicted molar refractivity (Wildman–Crippen MR) is 82.5 cm³/mol. The molecule has 0 spiro atoms. The van der Waals surface area contributed by atoms with Gasteiger partial charge in [-0.25, -0.2) is 0 Å². The third-order valence-corrected chi connectivity index (χ3v) is 4.88. The summed E-state index contributed by atoms with van der Waals surface area (Å²) >= 11 is 1.56. The van der Waals surface area contributed by atoms with Crippen molar-refractivity contribution in [3.8, 4) is 0 Å². The average molecular weight is 272 g/mol. The average Bonchev–Trinajstić information content (AvgIpc) is 2.84. The molecule has 0 radical (unpaired) electrons. The molecule has 0 amide bonds. The van der Waals surface area contributed by atoms with Crippen LogP contribution in [0.1, 0.15) is 50.0 Å². The summed E-state index contributed by atoms with van der Waals surface area (Å²) in [4.78, 5) is 13.7. The van der Waals surface area contributed by atoms with Gasteiger partial charge in [0.05, 0.1) is 4.88 Å². The number of benzene rings is 1. The maximum Gasteiger partial charge on any atom is 0.203 e. The topological polar surface area (TPSA) is 17.1 Å². The lowest BCUT2D eigenvalue weighted by Crippen LogP contribution is -2.09. The molecule has 1 aromatic carbocycles. The molecule has 1 aromatic heterocycles. The van der Waals surface area contributed by atoms with E-state index in [2.05, 4.69) is 32.9 Å². The van der Waals surface area contributed by atoms with Crippen LogP contribution in [-0.2, 0) is 6.42 Å². The Morgan fingerprint density at radius 3 is 2.21 bits per heavy atom. The Labute approximate surface area is 119 Å². The number of carbonyl (C=O) groups excluding carboxylic acids is 1. The molecule has 0 unspecified atom stereocenters. The summed E-state index contributed by atoms with van der Waals surface area (Å²) in [6.45, 7) is 10.4. The largest absolute Gasteiger partial charge is 0.288 e. The normalized spacial score (nSPS) is 10.8. The Morgan fingerprint density at radius 2 is 1.68 bits per heavy atom. The first-order chi connectivity index (χ1) is 8.97. The molecule has 1 heterocycles. The first-order valence-corrected chi connectivity index (χ1v) is 7.53. The van der Waals surface area contributed by atoms with E-state index >= 15 is 0 Å². The molecule has 0 aliphatic heterocycles. The second kappa shape index (κ2) is 5.30. The fourth-order valence-electron chi connectivity index (χ4n) is 2.48. The van der Waals surface area contributed by atoms with Crippen LogP contribution < -0.4 is 0 Å². The van der Waals surface area contributed by atoms with Crippen molar-refractivity contribution in [3.05, 3.63) is 55.8 Å². The van der Waals surface area contributed by atoms with Gasteiger partial charge in [-0.15, -0.1) is 11.3 Å². The van der Waals surface area contributed by atoms with Gasteiger partial charge in [0.25, 0.3) is 0 Å². The van der Waals surface area contributed by atoms with Gasteiger partial charge in [0.1, 0.15) is 0 Å². The highest BCUT2D eigenvalue weighted by Crippen LogP contribution is 2.28. The highest BCUT2D eigenvalue weighted by atomic mass is 32.1. The van der Waals surface area contributed by atoms with Crippen LogP contribution >= 0.6 is 11.3 Å². The maximum absolute atomic E-state index is 12.8. The van der Waals surface area contributed by atoms with E-state index in [-0.39, 0.29) is 5.78 Å². The zero-order chi connectivity index (χ0) is 14.2. The van der Waals surface area contributed by atoms with Gasteiger partial charge in [0.15, 0.2) is 0 Å². The highest BCUT2D eigenvalue weighted by Gasteiger charge is 2.20. The van der Waals surface area contributed by atoms with Crippen molar-refractivity contribution >= 4 is 17.1 Å². The molecule has 19 heavy (non-hydrogen) atoms. The van der Waals surface area contributed by atoms with Crippen LogP contribution in [-0.4, -0.2) is 5.78 Å². The van der Waals surface area contributed by atoms with Crippen LogP contribution in [0, 0.1) is 27.7 Å². The molecule has 0 saturated heterocycles. The number of carbonyl (C=O) groups is 1. The number of hydrogen-bond acceptors (Lipinski definition) is 2. The molecule has 0 N–H and O–H groups in total. The van der Waals surface area contributed by atoms with E-state index in [9.17, 15) is 4.79 Å². The van der Waals surface area contributed by atoms with Crippen molar-refractivity contribution < 1.29 is 4.79 Å². The second-order valence-electron chi connectivity index (χ2n) is 5.09. The standard InChI is InChI=1S/C17H20OS/c1-6-14-7-8-19-17(14)16(18)15-12(4)10(2)9-11(3)13(15)5/h7-9H,6H2,1-5H3. The predicted octanol–water partition coefficient (Wildman–Crippen LogP) is 4.78. The first kappa shape index (κ1) is 14.0. The Morgan fingerprint density at radius 1 is 1.11 bits per heavy atom. The molecule has 0 saturated carbocycles. The summed E-state index contributed by atoms with van der Waals surface area (Å²) in [6, 6.07) is 4.22. The van der Waals surface area contributed by atoms with Crippen LogP contribution in [0.4, 0.5) is 0 Å². The number of thiophene rings is 1. The molecule has 2 aromatic rings. The number of ketones is 1. The Bertz CT molecular complexity index is 609. The van der Waals surface area contributed by atoms with Gasteiger partial charge in [-0.3, -0.25) is 4.79 Å². The minimum Gasteiger partial charge on any atom is -0.288 e. The molecule has 0 aliphatic rings. The summed E-state index contributed by atoms with van der Waals surface area (Å²) in [5.74, 6) is 0.189. The van der Waals surface area contributed by atoms with Crippen LogP contribution in [0.3, 0.4) is 0 Å². The van der Waals surface area contributed by atoms with Crippen molar-refractivity contribution in [1.82, 2.24) is 0 Å². The quantitative estimate of drug-likeness (QED) is 0.735. The minimum atomic E-state index is 0.189. The van der Waals surface area contributed by atoms with Crippen molar-refractivity contribution in [3.63, 3.8) is 0 Å². The molecule has 0 aliphatic carbocycles. The fraction of sp³-hybridized carbons (Fsp3) is 0.353. The summed E-state index contributed by atoms with van der Waals surface area (Å²) < 4.78 is 0. The van der Waals surface area contributed by atoms with Crippen molar-refractivity contribution in [2.75, 3.05) is 0 Å². The summed E-state index contributed by atoms with van der Waals surface area (Å²) in [5.41, 5.74) is 6.68. The third kappa shape index (κ3) is 2.37. The number of rotatable bonds is 3. The van der Waals surface area contributed by atoms with Gasteiger partial charge in [-0.1, -0.05) is 13.0 Å². The van der Waals surface area contributed by atoms with Gasteiger partial charge < -0.3 is 0 Å². The van der Waals surface area contributed by atoms with Crippen molar-refractivity contribution in [2.45, 2.75) is 41.0 Å². The van der Waals surface area contributed by atoms with E-state index in [1.54, 1.807) is 11.3 Å². The van der Waals surface area contributed by atoms with E-state index < -0.39 is 0 Å². The van der Waals surface area contributed by atoms with Gasteiger partial charge in [0.2, 0.25) is 5.78 Å². The number of aryl methyl sites for hydroxylation is 3. The fourth-order valence-corrected chi connectivity index (χ4v) is 3.43. The van der Waals surface area contributed by atoms with E-state index in [4.69, 9.17) is 0 Å². The molecule has 0 bridgehead atoms. The van der Waals surface area contributed by atoms with Crippen LogP contribution in [0.5, 0.6) is 0 Å². The molecule has 100 valence electrons. The molecular weight excluding hydrogens is 252 g/mol. The van der Waals surface area contributed by atoms with Crippen molar-refractivity contribution in [1.29, 1.82) is 0 Å². The SMILES string of the molecule is CCc1ccsc1C(=O)c1c(C)c(C)cc(C)c1C. The van der Waals surface area contributed by atoms with E-state index in [1.807, 2.05) is 19.2 Å². The third-order valence-electron chi connectivity index (χ3n) is 3.93. The smallest absolute Gasteiger partial charge is 0.203 e. The maximum atomic E-state index is 12.8.